The fourth-order valence-electron chi connectivity index (χ4n) is 4.15. The number of aryl methyl sites for hydroxylation is 1. The van der Waals surface area contributed by atoms with Crippen LogP contribution in [0.2, 0.25) is 0 Å². The molecule has 4 rings (SSSR count). The summed E-state index contributed by atoms with van der Waals surface area (Å²) < 4.78 is 2.14. The number of rotatable bonds is 3. The number of urea groups is 1. The minimum atomic E-state index is 0.0456. The highest BCUT2D eigenvalue weighted by molar-refractivity contribution is 5.74. The number of hydrogen-bond acceptors (Lipinski definition) is 4. The maximum absolute atomic E-state index is 12.5. The van der Waals surface area contributed by atoms with Crippen molar-refractivity contribution in [3.8, 4) is 0 Å². The Hall–Kier alpha value is -1.63. The van der Waals surface area contributed by atoms with Crippen LogP contribution in [0.4, 0.5) is 4.79 Å². The number of piperidine rings is 1. The van der Waals surface area contributed by atoms with Crippen molar-refractivity contribution >= 4 is 6.03 Å². The van der Waals surface area contributed by atoms with E-state index in [1.165, 1.54) is 32.4 Å². The van der Waals surface area contributed by atoms with E-state index in [4.69, 9.17) is 0 Å². The Labute approximate surface area is 137 Å². The van der Waals surface area contributed by atoms with Crippen molar-refractivity contribution in [2.75, 3.05) is 26.2 Å². The second kappa shape index (κ2) is 6.47. The number of nitrogens with zero attached hydrogens (tertiary/aromatic N) is 5. The molecule has 3 aliphatic heterocycles. The molecule has 0 bridgehead atoms. The molecule has 7 nitrogen and oxygen atoms in total. The molecule has 2 amide bonds. The second-order valence-corrected chi connectivity index (χ2v) is 6.93. The molecule has 1 N–H and O–H groups in total. The fraction of sp³-hybridized carbons (Fsp3) is 0.812. The van der Waals surface area contributed by atoms with Crippen LogP contribution in [-0.4, -0.2) is 62.8 Å². The molecule has 0 spiro atoms. The van der Waals surface area contributed by atoms with Gasteiger partial charge in [0.2, 0.25) is 0 Å². The molecule has 23 heavy (non-hydrogen) atoms. The summed E-state index contributed by atoms with van der Waals surface area (Å²) in [5, 5.41) is 11.4. The Kier molecular flexibility index (Phi) is 4.20. The first kappa shape index (κ1) is 14.9. The molecule has 7 heteroatoms. The van der Waals surface area contributed by atoms with Gasteiger partial charge in [0.1, 0.15) is 5.82 Å². The Morgan fingerprint density at radius 1 is 1.09 bits per heavy atom. The van der Waals surface area contributed by atoms with Crippen LogP contribution in [0.3, 0.4) is 0 Å². The van der Waals surface area contributed by atoms with E-state index in [0.29, 0.717) is 12.6 Å². The molecule has 1 aromatic heterocycles. The van der Waals surface area contributed by atoms with Crippen LogP contribution < -0.4 is 5.32 Å². The smallest absolute Gasteiger partial charge is 0.317 e. The summed E-state index contributed by atoms with van der Waals surface area (Å²) in [7, 11) is 0. The van der Waals surface area contributed by atoms with Gasteiger partial charge in [0.25, 0.3) is 0 Å². The lowest BCUT2D eigenvalue weighted by Gasteiger charge is -2.37. The highest BCUT2D eigenvalue weighted by atomic mass is 16.2. The summed E-state index contributed by atoms with van der Waals surface area (Å²) in [6, 6.07) is 0.596. The third kappa shape index (κ3) is 3.06. The topological polar surface area (TPSA) is 66.3 Å². The Morgan fingerprint density at radius 3 is 2.83 bits per heavy atom. The Morgan fingerprint density at radius 2 is 1.96 bits per heavy atom. The van der Waals surface area contributed by atoms with Gasteiger partial charge < -0.3 is 14.8 Å². The Balaban J connectivity index is 1.31. The predicted octanol–water partition coefficient (Wildman–Crippen LogP) is 0.994. The standard InChI is InChI=1S/C16H26N6O/c23-16(17-11-15-19-18-14-6-4-10-22(14)15)21-9-3-5-13(12-21)20-7-1-2-8-20/h13H,1-12H2,(H,17,23). The van der Waals surface area contributed by atoms with E-state index >= 15 is 0 Å². The molecule has 2 fully saturated rings. The van der Waals surface area contributed by atoms with E-state index in [9.17, 15) is 4.79 Å². The lowest BCUT2D eigenvalue weighted by Crippen LogP contribution is -2.51. The molecule has 1 atom stereocenters. The second-order valence-electron chi connectivity index (χ2n) is 6.93. The predicted molar refractivity (Wildman–Crippen MR) is 86.0 cm³/mol. The van der Waals surface area contributed by atoms with Gasteiger partial charge in [-0.3, -0.25) is 4.90 Å². The number of carbonyl (C=O) groups excluding carboxylic acids is 1. The van der Waals surface area contributed by atoms with Crippen molar-refractivity contribution in [3.63, 3.8) is 0 Å². The van der Waals surface area contributed by atoms with Crippen molar-refractivity contribution in [1.82, 2.24) is 29.9 Å². The lowest BCUT2D eigenvalue weighted by atomic mass is 10.0. The summed E-state index contributed by atoms with van der Waals surface area (Å²) in [4.78, 5) is 17.0. The molecule has 3 aliphatic rings. The molecule has 0 aliphatic carbocycles. The van der Waals surface area contributed by atoms with E-state index in [-0.39, 0.29) is 6.03 Å². The average molecular weight is 318 g/mol. The number of likely N-dealkylation sites (tertiary alicyclic amines) is 2. The van der Waals surface area contributed by atoms with Gasteiger partial charge in [-0.25, -0.2) is 4.79 Å². The van der Waals surface area contributed by atoms with Crippen LogP contribution in [0.15, 0.2) is 0 Å². The summed E-state index contributed by atoms with van der Waals surface area (Å²) in [6.45, 7) is 5.60. The lowest BCUT2D eigenvalue weighted by molar-refractivity contribution is 0.125. The van der Waals surface area contributed by atoms with E-state index in [0.717, 1.165) is 50.5 Å². The zero-order valence-electron chi connectivity index (χ0n) is 13.7. The molecular weight excluding hydrogens is 292 g/mol. The summed E-state index contributed by atoms with van der Waals surface area (Å²) in [5.41, 5.74) is 0. The molecule has 1 unspecified atom stereocenters. The number of fused-ring (bicyclic) bond motifs is 1. The average Bonchev–Trinajstić information content (AvgIpc) is 3.30. The van der Waals surface area contributed by atoms with Gasteiger partial charge in [0, 0.05) is 32.1 Å². The molecule has 0 saturated carbocycles. The van der Waals surface area contributed by atoms with Crippen molar-refractivity contribution in [2.24, 2.45) is 0 Å². The molecule has 126 valence electrons. The minimum Gasteiger partial charge on any atom is -0.331 e. The van der Waals surface area contributed by atoms with Crippen LogP contribution in [0.1, 0.15) is 43.8 Å². The van der Waals surface area contributed by atoms with Gasteiger partial charge in [-0.05, 0) is 45.2 Å². The quantitative estimate of drug-likeness (QED) is 0.903. The zero-order chi connectivity index (χ0) is 15.6. The summed E-state index contributed by atoms with van der Waals surface area (Å²) in [5.74, 6) is 1.94. The summed E-state index contributed by atoms with van der Waals surface area (Å²) in [6.07, 6.45) is 7.08. The molecule has 0 aromatic carbocycles. The Bertz CT molecular complexity index is 565. The van der Waals surface area contributed by atoms with Gasteiger partial charge in [0.15, 0.2) is 5.82 Å². The highest BCUT2D eigenvalue weighted by Gasteiger charge is 2.29. The van der Waals surface area contributed by atoms with Crippen LogP contribution >= 0.6 is 0 Å². The van der Waals surface area contributed by atoms with E-state index < -0.39 is 0 Å². The first-order valence-corrected chi connectivity index (χ1v) is 8.99. The molecular formula is C16H26N6O. The number of hydrogen-bond donors (Lipinski definition) is 1. The van der Waals surface area contributed by atoms with Crippen molar-refractivity contribution in [3.05, 3.63) is 11.6 Å². The van der Waals surface area contributed by atoms with E-state index in [2.05, 4.69) is 25.0 Å². The SMILES string of the molecule is O=C(NCc1nnc2n1CCC2)N1CCCC(N2CCCC2)C1. The van der Waals surface area contributed by atoms with Crippen LogP contribution in [0, 0.1) is 0 Å². The molecule has 0 radical (unpaired) electrons. The van der Waals surface area contributed by atoms with Gasteiger partial charge in [-0.1, -0.05) is 0 Å². The van der Waals surface area contributed by atoms with Gasteiger partial charge >= 0.3 is 6.03 Å². The largest absolute Gasteiger partial charge is 0.331 e. The van der Waals surface area contributed by atoms with Crippen molar-refractivity contribution in [1.29, 1.82) is 0 Å². The number of aromatic nitrogens is 3. The fourth-order valence-corrected chi connectivity index (χ4v) is 4.15. The van der Waals surface area contributed by atoms with Crippen LogP contribution in [0.25, 0.3) is 0 Å². The molecule has 2 saturated heterocycles. The maximum Gasteiger partial charge on any atom is 0.317 e. The third-order valence-electron chi connectivity index (χ3n) is 5.42. The number of nitrogens with one attached hydrogen (secondary N) is 1. The van der Waals surface area contributed by atoms with Gasteiger partial charge in [-0.15, -0.1) is 10.2 Å². The maximum atomic E-state index is 12.5. The van der Waals surface area contributed by atoms with Gasteiger partial charge in [-0.2, -0.15) is 0 Å². The molecule has 1 aromatic rings. The van der Waals surface area contributed by atoms with E-state index in [1.807, 2.05) is 4.90 Å². The number of carbonyl (C=O) groups is 1. The van der Waals surface area contributed by atoms with Crippen LogP contribution in [0.5, 0.6) is 0 Å². The molecule has 4 heterocycles. The normalized spacial score (nSPS) is 24.9. The first-order valence-electron chi connectivity index (χ1n) is 8.99. The minimum absolute atomic E-state index is 0.0456. The zero-order valence-corrected chi connectivity index (χ0v) is 13.7. The highest BCUT2D eigenvalue weighted by Crippen LogP contribution is 2.20. The van der Waals surface area contributed by atoms with Crippen molar-refractivity contribution in [2.45, 2.75) is 57.7 Å². The van der Waals surface area contributed by atoms with Gasteiger partial charge in [0.05, 0.1) is 6.54 Å². The number of amides is 2. The van der Waals surface area contributed by atoms with E-state index in [1.54, 1.807) is 0 Å². The van der Waals surface area contributed by atoms with Crippen molar-refractivity contribution < 1.29 is 4.79 Å². The first-order chi connectivity index (χ1) is 11.3. The monoisotopic (exact) mass is 318 g/mol. The third-order valence-corrected chi connectivity index (χ3v) is 5.42. The summed E-state index contributed by atoms with van der Waals surface area (Å²) >= 11 is 0. The van der Waals surface area contributed by atoms with Crippen LogP contribution in [-0.2, 0) is 19.5 Å².